The van der Waals surface area contributed by atoms with Crippen LogP contribution >= 0.6 is 0 Å². The number of hydrogen-bond acceptors (Lipinski definition) is 5. The van der Waals surface area contributed by atoms with Gasteiger partial charge in [0.25, 0.3) is 5.91 Å². The van der Waals surface area contributed by atoms with Crippen molar-refractivity contribution in [1.82, 2.24) is 9.80 Å². The average Bonchev–Trinajstić information content (AvgIpc) is 2.71. The third kappa shape index (κ3) is 5.13. The fourth-order valence-corrected chi connectivity index (χ4v) is 3.61. The van der Waals surface area contributed by atoms with E-state index < -0.39 is 0 Å². The molecule has 29 heavy (non-hydrogen) atoms. The number of rotatable bonds is 5. The minimum atomic E-state index is -0.171. The van der Waals surface area contributed by atoms with Gasteiger partial charge in [0.05, 0.1) is 12.2 Å². The van der Waals surface area contributed by atoms with Crippen LogP contribution in [0.25, 0.3) is 0 Å². The van der Waals surface area contributed by atoms with Crippen LogP contribution in [-0.4, -0.2) is 60.9 Å². The van der Waals surface area contributed by atoms with Gasteiger partial charge >= 0.3 is 0 Å². The van der Waals surface area contributed by atoms with Gasteiger partial charge in [0.15, 0.2) is 6.61 Å². The first kappa shape index (κ1) is 19.4. The van der Waals surface area contributed by atoms with Crippen LogP contribution in [0, 0.1) is 6.92 Å². The van der Waals surface area contributed by atoms with E-state index in [9.17, 15) is 9.59 Å². The van der Waals surface area contributed by atoms with Crippen molar-refractivity contribution in [3.05, 3.63) is 53.6 Å². The SMILES string of the molecule is Cc1ccc(CN2CCN(CC(=O)Nc3ccc4c(c3)OCC(=O)N4)CC2)cc1. The van der Waals surface area contributed by atoms with Gasteiger partial charge in [-0.2, -0.15) is 0 Å². The largest absolute Gasteiger partial charge is 0.482 e. The number of nitrogens with zero attached hydrogens (tertiary/aromatic N) is 2. The van der Waals surface area contributed by atoms with Crippen LogP contribution in [0.3, 0.4) is 0 Å². The minimum absolute atomic E-state index is 0.00271. The van der Waals surface area contributed by atoms with E-state index >= 15 is 0 Å². The molecule has 0 aromatic heterocycles. The van der Waals surface area contributed by atoms with Crippen molar-refractivity contribution in [1.29, 1.82) is 0 Å². The highest BCUT2D eigenvalue weighted by molar-refractivity contribution is 5.97. The highest BCUT2D eigenvalue weighted by Gasteiger charge is 2.20. The van der Waals surface area contributed by atoms with Crippen LogP contribution in [0.15, 0.2) is 42.5 Å². The summed E-state index contributed by atoms with van der Waals surface area (Å²) in [5, 5.41) is 5.66. The van der Waals surface area contributed by atoms with Gasteiger partial charge in [-0.1, -0.05) is 29.8 Å². The number of aryl methyl sites for hydroxylation is 1. The van der Waals surface area contributed by atoms with E-state index in [0.717, 1.165) is 32.7 Å². The Morgan fingerprint density at radius 2 is 1.79 bits per heavy atom. The maximum Gasteiger partial charge on any atom is 0.262 e. The fourth-order valence-electron chi connectivity index (χ4n) is 3.61. The Labute approximate surface area is 170 Å². The van der Waals surface area contributed by atoms with Crippen molar-refractivity contribution >= 4 is 23.2 Å². The van der Waals surface area contributed by atoms with Crippen molar-refractivity contribution in [2.24, 2.45) is 0 Å². The summed E-state index contributed by atoms with van der Waals surface area (Å²) >= 11 is 0. The van der Waals surface area contributed by atoms with Crippen LogP contribution in [0.4, 0.5) is 11.4 Å². The lowest BCUT2D eigenvalue weighted by atomic mass is 10.1. The molecule has 1 saturated heterocycles. The molecule has 0 spiro atoms. The van der Waals surface area contributed by atoms with Crippen LogP contribution in [0.2, 0.25) is 0 Å². The first-order valence-corrected chi connectivity index (χ1v) is 9.92. The summed E-state index contributed by atoms with van der Waals surface area (Å²) in [6.45, 7) is 7.07. The second-order valence-electron chi connectivity index (χ2n) is 7.63. The molecule has 152 valence electrons. The van der Waals surface area contributed by atoms with E-state index in [1.54, 1.807) is 18.2 Å². The molecule has 0 atom stereocenters. The number of carbonyl (C=O) groups excluding carboxylic acids is 2. The van der Waals surface area contributed by atoms with Gasteiger partial charge in [0.2, 0.25) is 5.91 Å². The van der Waals surface area contributed by atoms with Crippen LogP contribution in [-0.2, 0) is 16.1 Å². The summed E-state index contributed by atoms with van der Waals surface area (Å²) < 4.78 is 5.40. The van der Waals surface area contributed by atoms with Gasteiger partial charge in [-0.3, -0.25) is 19.4 Å². The lowest BCUT2D eigenvalue weighted by molar-refractivity contribution is -0.119. The van der Waals surface area contributed by atoms with E-state index in [-0.39, 0.29) is 18.4 Å². The summed E-state index contributed by atoms with van der Waals surface area (Å²) in [4.78, 5) is 28.4. The molecule has 2 heterocycles. The second-order valence-corrected chi connectivity index (χ2v) is 7.63. The van der Waals surface area contributed by atoms with Crippen molar-refractivity contribution < 1.29 is 14.3 Å². The number of hydrogen-bond donors (Lipinski definition) is 2. The Kier molecular flexibility index (Phi) is 5.78. The van der Waals surface area contributed by atoms with Crippen LogP contribution in [0.1, 0.15) is 11.1 Å². The normalized spacial score (nSPS) is 17.2. The van der Waals surface area contributed by atoms with Crippen molar-refractivity contribution in [2.45, 2.75) is 13.5 Å². The van der Waals surface area contributed by atoms with Crippen molar-refractivity contribution in [2.75, 3.05) is 50.0 Å². The monoisotopic (exact) mass is 394 g/mol. The summed E-state index contributed by atoms with van der Waals surface area (Å²) in [7, 11) is 0. The Bertz CT molecular complexity index is 889. The van der Waals surface area contributed by atoms with Crippen molar-refractivity contribution in [3.8, 4) is 5.75 Å². The Balaban J connectivity index is 1.24. The highest BCUT2D eigenvalue weighted by Crippen LogP contribution is 2.30. The zero-order valence-electron chi connectivity index (χ0n) is 16.6. The standard InChI is InChI=1S/C22H26N4O3/c1-16-2-4-17(5-3-16)13-25-8-10-26(11-9-25)14-21(27)23-18-6-7-19-20(12-18)29-15-22(28)24-19/h2-7,12H,8-11,13-15H2,1H3,(H,23,27)(H,24,28). The number of anilines is 2. The van der Waals surface area contributed by atoms with Gasteiger partial charge in [-0.05, 0) is 24.6 Å². The molecule has 2 aromatic carbocycles. The molecule has 2 aromatic rings. The molecule has 7 heteroatoms. The number of piperazine rings is 1. The maximum atomic E-state index is 12.4. The fraction of sp³-hybridized carbons (Fsp3) is 0.364. The molecule has 7 nitrogen and oxygen atoms in total. The molecule has 0 bridgehead atoms. The predicted molar refractivity (Wildman–Crippen MR) is 112 cm³/mol. The summed E-state index contributed by atoms with van der Waals surface area (Å²) in [5.41, 5.74) is 3.90. The Morgan fingerprint density at radius 1 is 1.07 bits per heavy atom. The third-order valence-corrected chi connectivity index (χ3v) is 5.26. The van der Waals surface area contributed by atoms with E-state index in [4.69, 9.17) is 4.74 Å². The Morgan fingerprint density at radius 3 is 2.55 bits per heavy atom. The average molecular weight is 394 g/mol. The zero-order chi connectivity index (χ0) is 20.2. The molecular weight excluding hydrogens is 368 g/mol. The molecular formula is C22H26N4O3. The molecule has 2 aliphatic heterocycles. The second kappa shape index (κ2) is 8.63. The number of carbonyl (C=O) groups is 2. The van der Waals surface area contributed by atoms with Crippen LogP contribution in [0.5, 0.6) is 5.75 Å². The number of benzene rings is 2. The molecule has 2 aliphatic rings. The molecule has 0 radical (unpaired) electrons. The van der Waals surface area contributed by atoms with E-state index in [2.05, 4.69) is 51.6 Å². The smallest absolute Gasteiger partial charge is 0.262 e. The van der Waals surface area contributed by atoms with E-state index in [0.29, 0.717) is 23.7 Å². The topological polar surface area (TPSA) is 73.9 Å². The molecule has 0 saturated carbocycles. The quantitative estimate of drug-likeness (QED) is 0.812. The van der Waals surface area contributed by atoms with E-state index in [1.807, 2.05) is 0 Å². The summed E-state index contributed by atoms with van der Waals surface area (Å²) in [6.07, 6.45) is 0. The molecule has 2 amide bonds. The maximum absolute atomic E-state index is 12.4. The van der Waals surface area contributed by atoms with Gasteiger partial charge in [-0.25, -0.2) is 0 Å². The first-order chi connectivity index (χ1) is 14.0. The summed E-state index contributed by atoms with van der Waals surface area (Å²) in [6, 6.07) is 13.9. The van der Waals surface area contributed by atoms with Crippen LogP contribution < -0.4 is 15.4 Å². The minimum Gasteiger partial charge on any atom is -0.482 e. The zero-order valence-corrected chi connectivity index (χ0v) is 16.6. The summed E-state index contributed by atoms with van der Waals surface area (Å²) in [5.74, 6) is 0.361. The lowest BCUT2D eigenvalue weighted by Crippen LogP contribution is -2.48. The van der Waals surface area contributed by atoms with Gasteiger partial charge in [-0.15, -0.1) is 0 Å². The number of amides is 2. The third-order valence-electron chi connectivity index (χ3n) is 5.26. The number of ether oxygens (including phenoxy) is 1. The Hall–Kier alpha value is -2.90. The lowest BCUT2D eigenvalue weighted by Gasteiger charge is -2.34. The van der Waals surface area contributed by atoms with E-state index in [1.165, 1.54) is 11.1 Å². The molecule has 0 unspecified atom stereocenters. The molecule has 2 N–H and O–H groups in total. The highest BCUT2D eigenvalue weighted by atomic mass is 16.5. The molecule has 4 rings (SSSR count). The molecule has 1 fully saturated rings. The predicted octanol–water partition coefficient (Wildman–Crippen LogP) is 2.08. The van der Waals surface area contributed by atoms with Gasteiger partial charge in [0, 0.05) is 44.5 Å². The van der Waals surface area contributed by atoms with Crippen molar-refractivity contribution in [3.63, 3.8) is 0 Å². The van der Waals surface area contributed by atoms with Gasteiger partial charge in [0.1, 0.15) is 5.75 Å². The molecule has 0 aliphatic carbocycles. The number of nitrogens with one attached hydrogen (secondary N) is 2. The first-order valence-electron chi connectivity index (χ1n) is 9.92. The number of fused-ring (bicyclic) bond motifs is 1. The van der Waals surface area contributed by atoms with Gasteiger partial charge < -0.3 is 15.4 Å².